The first-order chi connectivity index (χ1) is 11.1. The van der Waals surface area contributed by atoms with Crippen LogP contribution in [-0.4, -0.2) is 34.2 Å². The number of nitrogens with one attached hydrogen (secondary N) is 1. The second kappa shape index (κ2) is 6.00. The number of hydrogen-bond donors (Lipinski definition) is 1. The van der Waals surface area contributed by atoms with Crippen LogP contribution in [0.25, 0.3) is 0 Å². The molecule has 1 N–H and O–H groups in total. The average Bonchev–Trinajstić information content (AvgIpc) is 2.77. The molecule has 23 heavy (non-hydrogen) atoms. The molecule has 0 fully saturated rings. The van der Waals surface area contributed by atoms with Crippen LogP contribution in [-0.2, 0) is 4.79 Å². The summed E-state index contributed by atoms with van der Waals surface area (Å²) in [5, 5.41) is 2.68. The monoisotopic (exact) mass is 309 g/mol. The fourth-order valence-electron chi connectivity index (χ4n) is 2.48. The third-order valence-corrected chi connectivity index (χ3v) is 3.63. The number of pyridine rings is 1. The van der Waals surface area contributed by atoms with Gasteiger partial charge >= 0.3 is 0 Å². The maximum absolute atomic E-state index is 12.3. The summed E-state index contributed by atoms with van der Waals surface area (Å²) in [5.74, 6) is -0.965. The van der Waals surface area contributed by atoms with Gasteiger partial charge in [-0.3, -0.25) is 24.3 Å². The van der Waals surface area contributed by atoms with Gasteiger partial charge in [-0.05, 0) is 31.2 Å². The van der Waals surface area contributed by atoms with Crippen LogP contribution in [0.15, 0.2) is 42.7 Å². The largest absolute Gasteiger partial charge is 0.325 e. The number of aromatic nitrogens is 1. The molecule has 2 aromatic rings. The van der Waals surface area contributed by atoms with Crippen molar-refractivity contribution < 1.29 is 14.4 Å². The third kappa shape index (κ3) is 2.96. The lowest BCUT2D eigenvalue weighted by Gasteiger charge is -2.13. The number of carbonyl (C=O) groups excluding carboxylic acids is 3. The quantitative estimate of drug-likeness (QED) is 0.876. The molecule has 6 nitrogen and oxygen atoms in total. The third-order valence-electron chi connectivity index (χ3n) is 3.63. The predicted octanol–water partition coefficient (Wildman–Crippen LogP) is 2.01. The van der Waals surface area contributed by atoms with E-state index in [4.69, 9.17) is 0 Å². The van der Waals surface area contributed by atoms with E-state index in [2.05, 4.69) is 10.3 Å². The van der Waals surface area contributed by atoms with E-state index < -0.39 is 0 Å². The van der Waals surface area contributed by atoms with Crippen molar-refractivity contribution in [1.29, 1.82) is 0 Å². The van der Waals surface area contributed by atoms with Gasteiger partial charge in [-0.2, -0.15) is 0 Å². The summed E-state index contributed by atoms with van der Waals surface area (Å²) >= 11 is 0. The Kier molecular flexibility index (Phi) is 3.89. The van der Waals surface area contributed by atoms with Gasteiger partial charge in [-0.25, -0.2) is 0 Å². The normalized spacial score (nSPS) is 13.2. The van der Waals surface area contributed by atoms with Gasteiger partial charge in [0.25, 0.3) is 11.8 Å². The van der Waals surface area contributed by atoms with Crippen molar-refractivity contribution >= 4 is 23.4 Å². The van der Waals surface area contributed by atoms with Gasteiger partial charge in [-0.15, -0.1) is 0 Å². The number of carbonyl (C=O) groups is 3. The maximum atomic E-state index is 12.3. The molecule has 1 aliphatic rings. The minimum absolute atomic E-state index is 0.0410. The summed E-state index contributed by atoms with van der Waals surface area (Å²) < 4.78 is 0. The van der Waals surface area contributed by atoms with Crippen LogP contribution >= 0.6 is 0 Å². The lowest BCUT2D eigenvalue weighted by molar-refractivity contribution is -0.116. The average molecular weight is 309 g/mol. The van der Waals surface area contributed by atoms with Gasteiger partial charge in [0.15, 0.2) is 0 Å². The smallest absolute Gasteiger partial charge is 0.261 e. The summed E-state index contributed by atoms with van der Waals surface area (Å²) in [4.78, 5) is 41.5. The Hall–Kier alpha value is -3.02. The van der Waals surface area contributed by atoms with Crippen LogP contribution in [0, 0.1) is 6.92 Å². The van der Waals surface area contributed by atoms with Crippen LogP contribution in [0.5, 0.6) is 0 Å². The number of aryl methyl sites for hydroxylation is 1. The van der Waals surface area contributed by atoms with Gasteiger partial charge in [-0.1, -0.05) is 11.6 Å². The fraction of sp³-hybridized carbons (Fsp3) is 0.176. The lowest BCUT2D eigenvalue weighted by Crippen LogP contribution is -2.32. The van der Waals surface area contributed by atoms with Crippen molar-refractivity contribution in [3.8, 4) is 0 Å². The Labute approximate surface area is 133 Å². The van der Waals surface area contributed by atoms with Crippen molar-refractivity contribution in [3.63, 3.8) is 0 Å². The first-order valence-electron chi connectivity index (χ1n) is 7.23. The minimum atomic E-state index is -0.348. The first-order valence-corrected chi connectivity index (χ1v) is 7.23. The predicted molar refractivity (Wildman–Crippen MR) is 84.0 cm³/mol. The van der Waals surface area contributed by atoms with E-state index in [0.29, 0.717) is 16.8 Å². The first kappa shape index (κ1) is 14.9. The summed E-state index contributed by atoms with van der Waals surface area (Å²) in [6, 6.07) is 8.58. The number of nitrogens with zero attached hydrogens (tertiary/aromatic N) is 2. The molecule has 0 radical (unpaired) electrons. The summed E-state index contributed by atoms with van der Waals surface area (Å²) in [6.07, 6.45) is 3.18. The van der Waals surface area contributed by atoms with E-state index in [1.54, 1.807) is 36.5 Å². The molecule has 0 spiro atoms. The Morgan fingerprint density at radius 1 is 1.17 bits per heavy atom. The van der Waals surface area contributed by atoms with Crippen molar-refractivity contribution in [3.05, 3.63) is 59.4 Å². The number of hydrogen-bond acceptors (Lipinski definition) is 4. The Balaban J connectivity index is 1.64. The SMILES string of the molecule is Cc1ccc2c(c1)C(=O)N(CCC(=O)Nc1cccnc1)C2=O. The lowest BCUT2D eigenvalue weighted by atomic mass is 10.1. The molecular weight excluding hydrogens is 294 g/mol. The molecule has 2 heterocycles. The highest BCUT2D eigenvalue weighted by Gasteiger charge is 2.35. The van der Waals surface area contributed by atoms with Crippen LogP contribution in [0.2, 0.25) is 0 Å². The molecule has 116 valence electrons. The number of benzene rings is 1. The number of fused-ring (bicyclic) bond motifs is 1. The number of amides is 3. The van der Waals surface area contributed by atoms with E-state index in [0.717, 1.165) is 10.5 Å². The number of imide groups is 1. The maximum Gasteiger partial charge on any atom is 0.261 e. The van der Waals surface area contributed by atoms with Crippen molar-refractivity contribution in [2.75, 3.05) is 11.9 Å². The topological polar surface area (TPSA) is 79.4 Å². The molecule has 1 aromatic carbocycles. The van der Waals surface area contributed by atoms with Gasteiger partial charge in [0.05, 0.1) is 23.0 Å². The molecule has 0 saturated carbocycles. The summed E-state index contributed by atoms with van der Waals surface area (Å²) in [5.41, 5.74) is 2.30. The second-order valence-electron chi connectivity index (χ2n) is 5.35. The Morgan fingerprint density at radius 2 is 1.96 bits per heavy atom. The van der Waals surface area contributed by atoms with Crippen LogP contribution in [0.1, 0.15) is 32.7 Å². The number of anilines is 1. The number of rotatable bonds is 4. The second-order valence-corrected chi connectivity index (χ2v) is 5.35. The van der Waals surface area contributed by atoms with Crippen molar-refractivity contribution in [2.24, 2.45) is 0 Å². The van der Waals surface area contributed by atoms with Crippen molar-refractivity contribution in [2.45, 2.75) is 13.3 Å². The molecule has 3 rings (SSSR count). The van der Waals surface area contributed by atoms with Crippen LogP contribution < -0.4 is 5.32 Å². The van der Waals surface area contributed by atoms with Crippen molar-refractivity contribution in [1.82, 2.24) is 9.88 Å². The van der Waals surface area contributed by atoms with E-state index >= 15 is 0 Å². The van der Waals surface area contributed by atoms with E-state index in [1.807, 2.05) is 6.92 Å². The molecule has 0 saturated heterocycles. The van der Waals surface area contributed by atoms with Crippen LogP contribution in [0.3, 0.4) is 0 Å². The molecule has 0 atom stereocenters. The van der Waals surface area contributed by atoms with Gasteiger partial charge in [0.1, 0.15) is 0 Å². The zero-order valence-electron chi connectivity index (χ0n) is 12.6. The highest BCUT2D eigenvalue weighted by molar-refractivity contribution is 6.21. The molecule has 6 heteroatoms. The Morgan fingerprint density at radius 3 is 2.70 bits per heavy atom. The molecular formula is C17H15N3O3. The molecule has 3 amide bonds. The Bertz CT molecular complexity index is 787. The zero-order chi connectivity index (χ0) is 16.4. The standard InChI is InChI=1S/C17H15N3O3/c1-11-4-5-13-14(9-11)17(23)20(16(13)22)8-6-15(21)19-12-3-2-7-18-10-12/h2-5,7,9-10H,6,8H2,1H3,(H,19,21). The minimum Gasteiger partial charge on any atom is -0.325 e. The molecule has 1 aromatic heterocycles. The summed E-state index contributed by atoms with van der Waals surface area (Å²) in [6.45, 7) is 1.92. The highest BCUT2D eigenvalue weighted by atomic mass is 16.2. The molecule has 0 aliphatic carbocycles. The van der Waals surface area contributed by atoms with E-state index in [9.17, 15) is 14.4 Å². The molecule has 0 unspecified atom stereocenters. The van der Waals surface area contributed by atoms with E-state index in [1.165, 1.54) is 6.20 Å². The van der Waals surface area contributed by atoms with Gasteiger partial charge < -0.3 is 5.32 Å². The van der Waals surface area contributed by atoms with Crippen LogP contribution in [0.4, 0.5) is 5.69 Å². The van der Waals surface area contributed by atoms with Gasteiger partial charge in [0, 0.05) is 19.2 Å². The zero-order valence-corrected chi connectivity index (χ0v) is 12.6. The summed E-state index contributed by atoms with van der Waals surface area (Å²) in [7, 11) is 0. The molecule has 1 aliphatic heterocycles. The van der Waals surface area contributed by atoms with E-state index in [-0.39, 0.29) is 30.7 Å². The fourth-order valence-corrected chi connectivity index (χ4v) is 2.48. The van der Waals surface area contributed by atoms with Gasteiger partial charge in [0.2, 0.25) is 5.91 Å². The highest BCUT2D eigenvalue weighted by Crippen LogP contribution is 2.24. The molecule has 0 bridgehead atoms.